The third-order valence-electron chi connectivity index (χ3n) is 3.55. The molecular weight excluding hydrogens is 203 g/mol. The summed E-state index contributed by atoms with van der Waals surface area (Å²) in [5.74, 6) is -0.269. The number of benzene rings is 1. The molecule has 16 heavy (non-hydrogen) atoms. The number of hydrogen-bond acceptors (Lipinski definition) is 1. The molecule has 0 unspecified atom stereocenters. The molecule has 1 aliphatic carbocycles. The lowest BCUT2D eigenvalue weighted by Crippen LogP contribution is -2.26. The molecule has 1 N–H and O–H groups in total. The highest BCUT2D eigenvalue weighted by Gasteiger charge is 2.32. The number of aryl methyl sites for hydroxylation is 1. The summed E-state index contributed by atoms with van der Waals surface area (Å²) in [5.41, 5.74) is 0.565. The maximum atomic E-state index is 13.8. The molecule has 0 spiro atoms. The van der Waals surface area contributed by atoms with E-state index in [1.165, 1.54) is 6.07 Å². The Morgan fingerprint density at radius 1 is 1.12 bits per heavy atom. The highest BCUT2D eigenvalue weighted by molar-refractivity contribution is 5.29. The highest BCUT2D eigenvalue weighted by atomic mass is 19.1. The predicted molar refractivity (Wildman–Crippen MR) is 62.7 cm³/mol. The molecule has 0 aliphatic heterocycles. The molecule has 1 saturated carbocycles. The summed E-state index contributed by atoms with van der Waals surface area (Å²) in [5, 5.41) is 10.6. The van der Waals surface area contributed by atoms with Gasteiger partial charge in [0.2, 0.25) is 0 Å². The minimum Gasteiger partial charge on any atom is -0.385 e. The van der Waals surface area contributed by atoms with Crippen LogP contribution in [0, 0.1) is 12.7 Å². The molecule has 0 heterocycles. The van der Waals surface area contributed by atoms with Gasteiger partial charge in [-0.25, -0.2) is 4.39 Å². The van der Waals surface area contributed by atoms with Gasteiger partial charge in [-0.15, -0.1) is 0 Å². The molecule has 1 fully saturated rings. The summed E-state index contributed by atoms with van der Waals surface area (Å²) in [6, 6.07) is 5.01. The second-order valence-corrected chi connectivity index (χ2v) is 4.93. The van der Waals surface area contributed by atoms with Crippen LogP contribution < -0.4 is 0 Å². The standard InChI is InChI=1S/C14H19FO/c1-11-6-7-13(15)12(10-11)14(16)8-4-2-3-5-9-14/h6-7,10,16H,2-5,8-9H2,1H3. The van der Waals surface area contributed by atoms with Crippen LogP contribution in [0.2, 0.25) is 0 Å². The van der Waals surface area contributed by atoms with E-state index in [0.717, 1.165) is 31.2 Å². The zero-order chi connectivity index (χ0) is 11.6. The molecule has 1 nitrogen and oxygen atoms in total. The predicted octanol–water partition coefficient (Wildman–Crippen LogP) is 3.68. The van der Waals surface area contributed by atoms with E-state index in [2.05, 4.69) is 0 Å². The van der Waals surface area contributed by atoms with E-state index in [9.17, 15) is 9.50 Å². The van der Waals surface area contributed by atoms with E-state index in [0.29, 0.717) is 18.4 Å². The van der Waals surface area contributed by atoms with E-state index < -0.39 is 5.60 Å². The fraction of sp³-hybridized carbons (Fsp3) is 0.571. The Balaban J connectivity index is 2.36. The van der Waals surface area contributed by atoms with Gasteiger partial charge in [0.1, 0.15) is 5.82 Å². The van der Waals surface area contributed by atoms with Gasteiger partial charge >= 0.3 is 0 Å². The molecule has 0 atom stereocenters. The molecule has 1 aliphatic rings. The van der Waals surface area contributed by atoms with Gasteiger partial charge in [0.15, 0.2) is 0 Å². The fourth-order valence-electron chi connectivity index (χ4n) is 2.58. The minimum atomic E-state index is -0.938. The molecule has 2 heteroatoms. The first-order valence-corrected chi connectivity index (χ1v) is 6.11. The van der Waals surface area contributed by atoms with Crippen molar-refractivity contribution < 1.29 is 9.50 Å². The Hall–Kier alpha value is -0.890. The molecule has 1 aromatic carbocycles. The highest BCUT2D eigenvalue weighted by Crippen LogP contribution is 2.37. The normalized spacial score (nSPS) is 20.4. The summed E-state index contributed by atoms with van der Waals surface area (Å²) in [6.45, 7) is 1.93. The van der Waals surface area contributed by atoms with Crippen LogP contribution in [-0.2, 0) is 5.60 Å². The van der Waals surface area contributed by atoms with Crippen LogP contribution >= 0.6 is 0 Å². The van der Waals surface area contributed by atoms with Gasteiger partial charge in [-0.05, 0) is 25.8 Å². The SMILES string of the molecule is Cc1ccc(F)c(C2(O)CCCCCC2)c1. The summed E-state index contributed by atoms with van der Waals surface area (Å²) in [6.07, 6.45) is 5.65. The van der Waals surface area contributed by atoms with Crippen molar-refractivity contribution in [2.45, 2.75) is 51.0 Å². The molecule has 1 aromatic rings. The fourth-order valence-corrected chi connectivity index (χ4v) is 2.58. The number of hydrogen-bond donors (Lipinski definition) is 1. The van der Waals surface area contributed by atoms with Crippen molar-refractivity contribution in [1.82, 2.24) is 0 Å². The van der Waals surface area contributed by atoms with Gasteiger partial charge in [0, 0.05) is 5.56 Å². The number of rotatable bonds is 1. The van der Waals surface area contributed by atoms with E-state index in [4.69, 9.17) is 0 Å². The average molecular weight is 222 g/mol. The molecule has 0 amide bonds. The molecule has 2 rings (SSSR count). The number of aliphatic hydroxyl groups is 1. The Morgan fingerprint density at radius 2 is 1.75 bits per heavy atom. The zero-order valence-corrected chi connectivity index (χ0v) is 9.80. The zero-order valence-electron chi connectivity index (χ0n) is 9.80. The summed E-state index contributed by atoms with van der Waals surface area (Å²) in [7, 11) is 0. The van der Waals surface area contributed by atoms with Gasteiger partial charge in [0.05, 0.1) is 5.60 Å². The van der Waals surface area contributed by atoms with Gasteiger partial charge < -0.3 is 5.11 Å². The first-order chi connectivity index (χ1) is 7.62. The van der Waals surface area contributed by atoms with Gasteiger partial charge in [-0.1, -0.05) is 43.4 Å². The lowest BCUT2D eigenvalue weighted by atomic mass is 9.85. The van der Waals surface area contributed by atoms with E-state index >= 15 is 0 Å². The Labute approximate surface area is 96.3 Å². The van der Waals surface area contributed by atoms with Crippen LogP contribution in [-0.4, -0.2) is 5.11 Å². The van der Waals surface area contributed by atoms with Crippen molar-refractivity contribution in [3.05, 3.63) is 35.1 Å². The Morgan fingerprint density at radius 3 is 2.38 bits per heavy atom. The third-order valence-corrected chi connectivity index (χ3v) is 3.55. The van der Waals surface area contributed by atoms with Crippen LogP contribution in [0.15, 0.2) is 18.2 Å². The van der Waals surface area contributed by atoms with Crippen LogP contribution in [0.25, 0.3) is 0 Å². The number of halogens is 1. The maximum Gasteiger partial charge on any atom is 0.129 e. The van der Waals surface area contributed by atoms with Gasteiger partial charge in [-0.2, -0.15) is 0 Å². The van der Waals surface area contributed by atoms with Crippen LogP contribution in [0.4, 0.5) is 4.39 Å². The van der Waals surface area contributed by atoms with Crippen molar-refractivity contribution in [3.8, 4) is 0 Å². The first kappa shape index (κ1) is 11.6. The van der Waals surface area contributed by atoms with E-state index in [1.54, 1.807) is 12.1 Å². The third kappa shape index (κ3) is 2.27. The average Bonchev–Trinajstić information content (AvgIpc) is 2.48. The topological polar surface area (TPSA) is 20.2 Å². The maximum absolute atomic E-state index is 13.8. The van der Waals surface area contributed by atoms with Crippen molar-refractivity contribution in [3.63, 3.8) is 0 Å². The molecule has 0 saturated heterocycles. The summed E-state index contributed by atoms with van der Waals surface area (Å²) < 4.78 is 13.8. The van der Waals surface area contributed by atoms with Gasteiger partial charge in [0.25, 0.3) is 0 Å². The summed E-state index contributed by atoms with van der Waals surface area (Å²) in [4.78, 5) is 0. The van der Waals surface area contributed by atoms with Crippen molar-refractivity contribution >= 4 is 0 Å². The first-order valence-electron chi connectivity index (χ1n) is 6.11. The lowest BCUT2D eigenvalue weighted by molar-refractivity contribution is 0.0172. The Kier molecular flexibility index (Phi) is 3.29. The van der Waals surface area contributed by atoms with E-state index in [1.807, 2.05) is 6.92 Å². The van der Waals surface area contributed by atoms with Crippen molar-refractivity contribution in [1.29, 1.82) is 0 Å². The lowest BCUT2D eigenvalue weighted by Gasteiger charge is -2.27. The molecule has 0 aromatic heterocycles. The van der Waals surface area contributed by atoms with Crippen molar-refractivity contribution in [2.75, 3.05) is 0 Å². The van der Waals surface area contributed by atoms with E-state index in [-0.39, 0.29) is 5.82 Å². The van der Waals surface area contributed by atoms with Gasteiger partial charge in [-0.3, -0.25) is 0 Å². The monoisotopic (exact) mass is 222 g/mol. The van der Waals surface area contributed by atoms with Crippen LogP contribution in [0.1, 0.15) is 49.7 Å². The smallest absolute Gasteiger partial charge is 0.129 e. The van der Waals surface area contributed by atoms with Crippen molar-refractivity contribution in [2.24, 2.45) is 0 Å². The molecule has 0 radical (unpaired) electrons. The van der Waals surface area contributed by atoms with Crippen LogP contribution in [0.5, 0.6) is 0 Å². The Bertz CT molecular complexity index is 365. The second-order valence-electron chi connectivity index (χ2n) is 4.93. The second kappa shape index (κ2) is 4.54. The largest absolute Gasteiger partial charge is 0.385 e. The summed E-state index contributed by atoms with van der Waals surface area (Å²) >= 11 is 0. The quantitative estimate of drug-likeness (QED) is 0.719. The molecular formula is C14H19FO. The molecule has 88 valence electrons. The van der Waals surface area contributed by atoms with Crippen LogP contribution in [0.3, 0.4) is 0 Å². The minimum absolute atomic E-state index is 0.269. The molecule has 0 bridgehead atoms.